The maximum atomic E-state index is 11.9. The Morgan fingerprint density at radius 3 is 2.00 bits per heavy atom. The predicted octanol–water partition coefficient (Wildman–Crippen LogP) is 0.749. The second-order valence-electron chi connectivity index (χ2n) is 7.62. The van der Waals surface area contributed by atoms with Crippen LogP contribution in [0.1, 0.15) is 38.5 Å². The summed E-state index contributed by atoms with van der Waals surface area (Å²) in [5, 5.41) is 6.25. The fourth-order valence-electron chi connectivity index (χ4n) is 4.99. The minimum Gasteiger partial charge on any atom is -0.347 e. The Bertz CT molecular complexity index is 398. The summed E-state index contributed by atoms with van der Waals surface area (Å²) in [6, 6.07) is 0. The number of carbonyl (C=O) groups excluding carboxylic acids is 2. The van der Waals surface area contributed by atoms with Gasteiger partial charge in [-0.05, 0) is 56.3 Å². The van der Waals surface area contributed by atoms with Crippen molar-refractivity contribution in [3.8, 4) is 0 Å². The van der Waals surface area contributed by atoms with Gasteiger partial charge in [0.25, 0.3) is 0 Å². The van der Waals surface area contributed by atoms with E-state index in [9.17, 15) is 9.59 Å². The van der Waals surface area contributed by atoms with Crippen molar-refractivity contribution >= 4 is 11.8 Å². The molecule has 2 N–H and O–H groups in total. The summed E-state index contributed by atoms with van der Waals surface area (Å²) < 4.78 is 0. The molecule has 0 spiro atoms. The minimum absolute atomic E-state index is 0.0686. The lowest BCUT2D eigenvalue weighted by molar-refractivity contribution is -0.130. The van der Waals surface area contributed by atoms with Gasteiger partial charge in [0, 0.05) is 19.6 Å². The summed E-state index contributed by atoms with van der Waals surface area (Å²) in [5.41, 5.74) is 0.206. The first-order valence-electron chi connectivity index (χ1n) is 8.18. The summed E-state index contributed by atoms with van der Waals surface area (Å²) in [4.78, 5) is 24.9. The highest BCUT2D eigenvalue weighted by Crippen LogP contribution is 2.55. The predicted molar refractivity (Wildman–Crippen MR) is 80.6 cm³/mol. The average molecular weight is 293 g/mol. The highest BCUT2D eigenvalue weighted by Gasteiger charge is 2.50. The molecule has 2 amide bonds. The van der Waals surface area contributed by atoms with Crippen LogP contribution in [0.15, 0.2) is 0 Å². The van der Waals surface area contributed by atoms with Gasteiger partial charge in [-0.15, -0.1) is 0 Å². The maximum Gasteiger partial charge on any atom is 0.241 e. The zero-order valence-corrected chi connectivity index (χ0v) is 13.2. The monoisotopic (exact) mass is 293 g/mol. The molecule has 0 heterocycles. The van der Waals surface area contributed by atoms with Crippen LogP contribution in [0.5, 0.6) is 0 Å². The van der Waals surface area contributed by atoms with Gasteiger partial charge in [-0.1, -0.05) is 0 Å². The molecule has 118 valence electrons. The van der Waals surface area contributed by atoms with Gasteiger partial charge in [0.05, 0.1) is 13.1 Å². The quantitative estimate of drug-likeness (QED) is 0.786. The molecule has 0 radical (unpaired) electrons. The number of nitrogens with one attached hydrogen (secondary N) is 2. The molecular formula is C16H27N3O2. The molecule has 4 saturated carbocycles. The Morgan fingerprint density at radius 2 is 1.52 bits per heavy atom. The van der Waals surface area contributed by atoms with Crippen LogP contribution in [0.3, 0.4) is 0 Å². The van der Waals surface area contributed by atoms with Gasteiger partial charge in [0.15, 0.2) is 0 Å². The Labute approximate surface area is 126 Å². The van der Waals surface area contributed by atoms with Crippen molar-refractivity contribution < 1.29 is 9.59 Å². The molecule has 5 heteroatoms. The maximum absolute atomic E-state index is 11.9. The zero-order chi connectivity index (χ0) is 15.0. The van der Waals surface area contributed by atoms with Crippen LogP contribution >= 0.6 is 0 Å². The van der Waals surface area contributed by atoms with Crippen LogP contribution in [0.2, 0.25) is 0 Å². The number of carbonyl (C=O) groups is 2. The molecule has 4 fully saturated rings. The van der Waals surface area contributed by atoms with E-state index in [2.05, 4.69) is 10.6 Å². The number of hydrogen-bond acceptors (Lipinski definition) is 3. The Morgan fingerprint density at radius 1 is 1.00 bits per heavy atom. The molecule has 4 rings (SSSR count). The van der Waals surface area contributed by atoms with Gasteiger partial charge in [-0.3, -0.25) is 9.59 Å². The second-order valence-corrected chi connectivity index (χ2v) is 7.62. The lowest BCUT2D eigenvalue weighted by atomic mass is 9.53. The van der Waals surface area contributed by atoms with Crippen molar-refractivity contribution in [3.63, 3.8) is 0 Å². The normalized spacial score (nSPS) is 36.6. The van der Waals surface area contributed by atoms with E-state index < -0.39 is 0 Å². The topological polar surface area (TPSA) is 61.4 Å². The molecule has 0 aromatic carbocycles. The summed E-state index contributed by atoms with van der Waals surface area (Å²) >= 11 is 0. The van der Waals surface area contributed by atoms with Gasteiger partial charge in [-0.25, -0.2) is 0 Å². The first kappa shape index (κ1) is 14.8. The third-order valence-corrected chi connectivity index (χ3v) is 5.60. The number of rotatable bonds is 5. The van der Waals surface area contributed by atoms with Crippen LogP contribution in [-0.2, 0) is 9.59 Å². The van der Waals surface area contributed by atoms with E-state index in [0.717, 1.165) is 17.8 Å². The van der Waals surface area contributed by atoms with Crippen molar-refractivity contribution in [2.75, 3.05) is 27.2 Å². The van der Waals surface area contributed by atoms with Crippen molar-refractivity contribution in [2.24, 2.45) is 17.8 Å². The molecule has 0 aromatic rings. The first-order chi connectivity index (χ1) is 9.96. The average Bonchev–Trinajstić information content (AvgIpc) is 2.41. The second kappa shape index (κ2) is 5.59. The molecule has 5 nitrogen and oxygen atoms in total. The van der Waals surface area contributed by atoms with Crippen molar-refractivity contribution in [2.45, 2.75) is 44.1 Å². The van der Waals surface area contributed by atoms with Crippen molar-refractivity contribution in [1.29, 1.82) is 0 Å². The van der Waals surface area contributed by atoms with E-state index in [4.69, 9.17) is 0 Å². The summed E-state index contributed by atoms with van der Waals surface area (Å²) in [7, 11) is 3.39. The fourth-order valence-corrected chi connectivity index (χ4v) is 4.99. The molecule has 0 saturated heterocycles. The standard InChI is InChI=1S/C16H27N3O2/c1-19(2)15(21)10-17-14(20)9-18-16-6-11-3-12(7-16)5-13(4-11)8-16/h11-13,18H,3-10H2,1-2H3,(H,17,20). The summed E-state index contributed by atoms with van der Waals surface area (Å²) in [5.74, 6) is 2.49. The van der Waals surface area contributed by atoms with Gasteiger partial charge in [0.2, 0.25) is 11.8 Å². The lowest BCUT2D eigenvalue weighted by Crippen LogP contribution is -2.60. The highest BCUT2D eigenvalue weighted by atomic mass is 16.2. The third-order valence-electron chi connectivity index (χ3n) is 5.60. The third kappa shape index (κ3) is 3.23. The van der Waals surface area contributed by atoms with Gasteiger partial charge in [-0.2, -0.15) is 0 Å². The summed E-state index contributed by atoms with van der Waals surface area (Å²) in [6.45, 7) is 0.432. The van der Waals surface area contributed by atoms with E-state index >= 15 is 0 Å². The Kier molecular flexibility index (Phi) is 3.95. The van der Waals surface area contributed by atoms with E-state index in [0.29, 0.717) is 6.54 Å². The van der Waals surface area contributed by atoms with Gasteiger partial charge in [0.1, 0.15) is 0 Å². The molecule has 4 aliphatic rings. The van der Waals surface area contributed by atoms with E-state index in [1.807, 2.05) is 0 Å². The Balaban J connectivity index is 1.47. The smallest absolute Gasteiger partial charge is 0.241 e. The van der Waals surface area contributed by atoms with E-state index in [1.165, 1.54) is 43.4 Å². The largest absolute Gasteiger partial charge is 0.347 e. The number of nitrogens with zero attached hydrogens (tertiary/aromatic N) is 1. The van der Waals surface area contributed by atoms with Crippen LogP contribution in [-0.4, -0.2) is 49.4 Å². The van der Waals surface area contributed by atoms with Crippen molar-refractivity contribution in [1.82, 2.24) is 15.5 Å². The number of hydrogen-bond donors (Lipinski definition) is 2. The molecule has 0 atom stereocenters. The first-order valence-corrected chi connectivity index (χ1v) is 8.18. The van der Waals surface area contributed by atoms with E-state index in [-0.39, 0.29) is 23.9 Å². The zero-order valence-electron chi connectivity index (χ0n) is 13.2. The minimum atomic E-state index is -0.0712. The molecule has 4 bridgehead atoms. The molecule has 0 aromatic heterocycles. The van der Waals surface area contributed by atoms with Crippen LogP contribution in [0.4, 0.5) is 0 Å². The van der Waals surface area contributed by atoms with Crippen molar-refractivity contribution in [3.05, 3.63) is 0 Å². The van der Waals surface area contributed by atoms with Gasteiger partial charge >= 0.3 is 0 Å². The Hall–Kier alpha value is -1.10. The fraction of sp³-hybridized carbons (Fsp3) is 0.875. The molecule has 0 aliphatic heterocycles. The number of likely N-dealkylation sites (N-methyl/N-ethyl adjacent to an activating group) is 1. The number of amides is 2. The molecule has 4 aliphatic carbocycles. The SMILES string of the molecule is CN(C)C(=O)CNC(=O)CNC12CC3CC(CC(C3)C1)C2. The van der Waals surface area contributed by atoms with Crippen LogP contribution in [0.25, 0.3) is 0 Å². The van der Waals surface area contributed by atoms with Gasteiger partial charge < -0.3 is 15.5 Å². The lowest BCUT2D eigenvalue weighted by Gasteiger charge is -2.57. The highest BCUT2D eigenvalue weighted by molar-refractivity contribution is 5.85. The van der Waals surface area contributed by atoms with Crippen LogP contribution < -0.4 is 10.6 Å². The summed E-state index contributed by atoms with van der Waals surface area (Å²) in [6.07, 6.45) is 7.94. The molecular weight excluding hydrogens is 266 g/mol. The molecule has 21 heavy (non-hydrogen) atoms. The molecule has 0 unspecified atom stereocenters. The van der Waals surface area contributed by atoms with Crippen LogP contribution in [0, 0.1) is 17.8 Å². The van der Waals surface area contributed by atoms with E-state index in [1.54, 1.807) is 14.1 Å².